The molecule has 2 rings (SSSR count). The van der Waals surface area contributed by atoms with Gasteiger partial charge in [-0.1, -0.05) is 0 Å². The van der Waals surface area contributed by atoms with E-state index in [1.165, 1.54) is 6.92 Å². The van der Waals surface area contributed by atoms with Gasteiger partial charge in [-0.25, -0.2) is 4.68 Å². The Hall–Kier alpha value is -2.63. The fourth-order valence-corrected chi connectivity index (χ4v) is 1.53. The number of hydrogen-bond acceptors (Lipinski definition) is 3. The number of aliphatic carboxylic acids is 1. The highest BCUT2D eigenvalue weighted by Crippen LogP contribution is 2.08. The van der Waals surface area contributed by atoms with Gasteiger partial charge in [0.05, 0.1) is 5.69 Å². The molecule has 0 saturated carbocycles. The van der Waals surface area contributed by atoms with E-state index in [0.717, 1.165) is 5.69 Å². The van der Waals surface area contributed by atoms with Gasteiger partial charge in [0, 0.05) is 18.0 Å². The number of benzene rings is 1. The minimum absolute atomic E-state index is 0.406. The summed E-state index contributed by atoms with van der Waals surface area (Å²) >= 11 is 0. The van der Waals surface area contributed by atoms with E-state index in [2.05, 4.69) is 10.4 Å². The van der Waals surface area contributed by atoms with Crippen molar-refractivity contribution in [3.05, 3.63) is 48.3 Å². The highest BCUT2D eigenvalue weighted by atomic mass is 16.4. The molecule has 1 aromatic carbocycles. The summed E-state index contributed by atoms with van der Waals surface area (Å²) in [6, 6.07) is 7.62. The lowest BCUT2D eigenvalue weighted by Gasteiger charge is -2.09. The predicted molar refractivity (Wildman–Crippen MR) is 68.1 cm³/mol. The average molecular weight is 259 g/mol. The predicted octanol–water partition coefficient (Wildman–Crippen LogP) is 1.08. The highest BCUT2D eigenvalue weighted by Gasteiger charge is 2.15. The molecule has 0 radical (unpaired) electrons. The molecular formula is C13H13N3O3. The van der Waals surface area contributed by atoms with Crippen LogP contribution in [-0.4, -0.2) is 32.8 Å². The molecule has 0 spiro atoms. The molecule has 1 atom stereocenters. The third kappa shape index (κ3) is 2.98. The fourth-order valence-electron chi connectivity index (χ4n) is 1.53. The molecule has 6 heteroatoms. The Kier molecular flexibility index (Phi) is 3.61. The first-order valence-electron chi connectivity index (χ1n) is 5.71. The van der Waals surface area contributed by atoms with Gasteiger partial charge in [0.25, 0.3) is 5.91 Å². The molecule has 0 aliphatic rings. The highest BCUT2D eigenvalue weighted by molar-refractivity contribution is 5.96. The second-order valence-corrected chi connectivity index (χ2v) is 4.03. The molecule has 0 aliphatic heterocycles. The number of aromatic nitrogens is 2. The van der Waals surface area contributed by atoms with Gasteiger partial charge in [-0.05, 0) is 37.3 Å². The van der Waals surface area contributed by atoms with Crippen LogP contribution in [0, 0.1) is 0 Å². The summed E-state index contributed by atoms with van der Waals surface area (Å²) in [5.74, 6) is -1.48. The summed E-state index contributed by atoms with van der Waals surface area (Å²) < 4.78 is 1.67. The Morgan fingerprint density at radius 3 is 2.53 bits per heavy atom. The molecule has 2 N–H and O–H groups in total. The summed E-state index contributed by atoms with van der Waals surface area (Å²) in [7, 11) is 0. The van der Waals surface area contributed by atoms with Crippen LogP contribution in [0.15, 0.2) is 42.7 Å². The molecule has 1 heterocycles. The molecule has 0 aliphatic carbocycles. The van der Waals surface area contributed by atoms with Crippen LogP contribution in [0.2, 0.25) is 0 Å². The zero-order valence-corrected chi connectivity index (χ0v) is 10.3. The topological polar surface area (TPSA) is 84.2 Å². The average Bonchev–Trinajstić information content (AvgIpc) is 2.92. The van der Waals surface area contributed by atoms with Crippen molar-refractivity contribution in [1.29, 1.82) is 0 Å². The van der Waals surface area contributed by atoms with Crippen molar-refractivity contribution in [2.75, 3.05) is 0 Å². The molecule has 19 heavy (non-hydrogen) atoms. The zero-order chi connectivity index (χ0) is 13.8. The summed E-state index contributed by atoms with van der Waals surface area (Å²) in [4.78, 5) is 22.4. The van der Waals surface area contributed by atoms with Crippen molar-refractivity contribution >= 4 is 11.9 Å². The van der Waals surface area contributed by atoms with E-state index in [1.807, 2.05) is 0 Å². The number of nitrogens with one attached hydrogen (secondary N) is 1. The monoisotopic (exact) mass is 259 g/mol. The van der Waals surface area contributed by atoms with Crippen molar-refractivity contribution in [2.24, 2.45) is 0 Å². The SMILES string of the molecule is CC(NC(=O)c1ccc(-n2cccn2)cc1)C(=O)O. The van der Waals surface area contributed by atoms with Gasteiger partial charge in [0.2, 0.25) is 0 Å². The summed E-state index contributed by atoms with van der Waals surface area (Å²) in [6.45, 7) is 1.42. The van der Waals surface area contributed by atoms with Crippen LogP contribution in [0.1, 0.15) is 17.3 Å². The van der Waals surface area contributed by atoms with Gasteiger partial charge in [-0.15, -0.1) is 0 Å². The number of carboxylic acids is 1. The number of nitrogens with zero attached hydrogens (tertiary/aromatic N) is 2. The first-order valence-corrected chi connectivity index (χ1v) is 5.71. The van der Waals surface area contributed by atoms with E-state index in [1.54, 1.807) is 47.4 Å². The Morgan fingerprint density at radius 1 is 1.32 bits per heavy atom. The molecule has 98 valence electrons. The van der Waals surface area contributed by atoms with Crippen LogP contribution < -0.4 is 5.32 Å². The van der Waals surface area contributed by atoms with Gasteiger partial charge in [0.1, 0.15) is 6.04 Å². The maximum absolute atomic E-state index is 11.8. The molecule has 1 amide bonds. The molecule has 0 bridgehead atoms. The van der Waals surface area contributed by atoms with Crippen LogP contribution in [0.25, 0.3) is 5.69 Å². The minimum atomic E-state index is -1.07. The van der Waals surface area contributed by atoms with Crippen molar-refractivity contribution in [3.8, 4) is 5.69 Å². The van der Waals surface area contributed by atoms with Gasteiger partial charge in [0.15, 0.2) is 0 Å². The molecule has 1 unspecified atom stereocenters. The third-order valence-corrected chi connectivity index (χ3v) is 2.62. The number of carbonyl (C=O) groups excluding carboxylic acids is 1. The lowest BCUT2D eigenvalue weighted by molar-refractivity contribution is -0.138. The summed E-state index contributed by atoms with van der Waals surface area (Å²) in [5.41, 5.74) is 1.23. The van der Waals surface area contributed by atoms with E-state index >= 15 is 0 Å². The molecule has 6 nitrogen and oxygen atoms in total. The smallest absolute Gasteiger partial charge is 0.325 e. The van der Waals surface area contributed by atoms with Gasteiger partial charge < -0.3 is 10.4 Å². The zero-order valence-electron chi connectivity index (χ0n) is 10.3. The Balaban J connectivity index is 2.10. The lowest BCUT2D eigenvalue weighted by atomic mass is 10.2. The number of rotatable bonds is 4. The van der Waals surface area contributed by atoms with Crippen molar-refractivity contribution < 1.29 is 14.7 Å². The van der Waals surface area contributed by atoms with E-state index in [9.17, 15) is 9.59 Å². The summed E-state index contributed by atoms with van der Waals surface area (Å²) in [6.07, 6.45) is 3.46. The van der Waals surface area contributed by atoms with Crippen LogP contribution >= 0.6 is 0 Å². The Labute approximate surface area is 109 Å². The number of amides is 1. The van der Waals surface area contributed by atoms with Crippen LogP contribution in [0.4, 0.5) is 0 Å². The van der Waals surface area contributed by atoms with E-state index in [4.69, 9.17) is 5.11 Å². The fraction of sp³-hybridized carbons (Fsp3) is 0.154. The normalized spacial score (nSPS) is 11.8. The second kappa shape index (κ2) is 5.34. The maximum atomic E-state index is 11.8. The first kappa shape index (κ1) is 12.8. The molecule has 1 aromatic heterocycles. The lowest BCUT2D eigenvalue weighted by Crippen LogP contribution is -2.38. The standard InChI is InChI=1S/C13H13N3O3/c1-9(13(18)19)15-12(17)10-3-5-11(6-4-10)16-8-2-7-14-16/h2-9H,1H3,(H,15,17)(H,18,19). The van der Waals surface area contributed by atoms with E-state index in [-0.39, 0.29) is 0 Å². The van der Waals surface area contributed by atoms with Crippen LogP contribution in [0.5, 0.6) is 0 Å². The van der Waals surface area contributed by atoms with E-state index < -0.39 is 17.9 Å². The summed E-state index contributed by atoms with van der Waals surface area (Å²) in [5, 5.41) is 15.2. The maximum Gasteiger partial charge on any atom is 0.325 e. The van der Waals surface area contributed by atoms with Gasteiger partial charge >= 0.3 is 5.97 Å². The third-order valence-electron chi connectivity index (χ3n) is 2.62. The molecular weight excluding hydrogens is 246 g/mol. The Morgan fingerprint density at radius 2 is 2.00 bits per heavy atom. The van der Waals surface area contributed by atoms with E-state index in [0.29, 0.717) is 5.56 Å². The second-order valence-electron chi connectivity index (χ2n) is 4.03. The van der Waals surface area contributed by atoms with Gasteiger partial charge in [-0.3, -0.25) is 9.59 Å². The number of hydrogen-bond donors (Lipinski definition) is 2. The number of carbonyl (C=O) groups is 2. The first-order chi connectivity index (χ1) is 9.08. The molecule has 0 fully saturated rings. The Bertz CT molecular complexity index is 576. The van der Waals surface area contributed by atoms with Crippen molar-refractivity contribution in [2.45, 2.75) is 13.0 Å². The van der Waals surface area contributed by atoms with Gasteiger partial charge in [-0.2, -0.15) is 5.10 Å². The largest absolute Gasteiger partial charge is 0.480 e. The minimum Gasteiger partial charge on any atom is -0.480 e. The van der Waals surface area contributed by atoms with Crippen LogP contribution in [0.3, 0.4) is 0 Å². The number of carboxylic acid groups (broad SMARTS) is 1. The van der Waals surface area contributed by atoms with Crippen molar-refractivity contribution in [3.63, 3.8) is 0 Å². The van der Waals surface area contributed by atoms with Crippen LogP contribution in [-0.2, 0) is 4.79 Å². The quantitative estimate of drug-likeness (QED) is 0.860. The molecule has 0 saturated heterocycles. The van der Waals surface area contributed by atoms with Crippen molar-refractivity contribution in [1.82, 2.24) is 15.1 Å². The molecule has 2 aromatic rings.